The number of fused-ring (bicyclic) bond motifs is 3. The number of aromatic nitrogens is 1. The number of benzene rings is 1. The van der Waals surface area contributed by atoms with Gasteiger partial charge in [0.05, 0.1) is 0 Å². The van der Waals surface area contributed by atoms with Gasteiger partial charge >= 0.3 is 0 Å². The fourth-order valence-electron chi connectivity index (χ4n) is 4.15. The molecule has 24 heavy (non-hydrogen) atoms. The Balaban J connectivity index is 1.87. The molecule has 2 amide bonds. The van der Waals surface area contributed by atoms with Crippen LogP contribution in [0.2, 0.25) is 5.02 Å². The highest BCUT2D eigenvalue weighted by atomic mass is 35.5. The largest absolute Gasteiger partial charge is 0.357 e. The molecule has 2 aromatic rings. The third kappa shape index (κ3) is 2.22. The maximum Gasteiger partial charge on any atom is 0.271 e. The molecule has 1 atom stereocenters. The first-order valence-electron chi connectivity index (χ1n) is 8.47. The van der Waals surface area contributed by atoms with Gasteiger partial charge in [-0.3, -0.25) is 9.59 Å². The van der Waals surface area contributed by atoms with Crippen molar-refractivity contribution in [1.82, 2.24) is 15.2 Å². The molecule has 1 aromatic heterocycles. The first-order chi connectivity index (χ1) is 11.6. The summed E-state index contributed by atoms with van der Waals surface area (Å²) in [5, 5.41) is 4.19. The summed E-state index contributed by atoms with van der Waals surface area (Å²) in [6.07, 6.45) is 5.34. The Morgan fingerprint density at radius 2 is 2.04 bits per heavy atom. The number of H-pyrrole nitrogens is 1. The van der Waals surface area contributed by atoms with Crippen molar-refractivity contribution in [2.75, 3.05) is 7.05 Å². The van der Waals surface area contributed by atoms with Crippen LogP contribution in [0, 0.1) is 0 Å². The minimum absolute atomic E-state index is 0.0715. The predicted octanol–water partition coefficient (Wildman–Crippen LogP) is 3.40. The molecule has 1 fully saturated rings. The van der Waals surface area contributed by atoms with E-state index in [4.69, 9.17) is 11.6 Å². The SMILES string of the molecule is CNC(=O)C1c2c([nH]c3ccc(Cl)cc23)C(=O)N1C1CCCCC1. The highest BCUT2D eigenvalue weighted by molar-refractivity contribution is 6.31. The van der Waals surface area contributed by atoms with Crippen molar-refractivity contribution in [3.05, 3.63) is 34.5 Å². The molecular formula is C18H20ClN3O2. The number of aromatic amines is 1. The van der Waals surface area contributed by atoms with E-state index in [2.05, 4.69) is 10.3 Å². The Kier molecular flexibility index (Phi) is 3.76. The zero-order valence-corrected chi connectivity index (χ0v) is 14.3. The maximum atomic E-state index is 13.1. The van der Waals surface area contributed by atoms with E-state index < -0.39 is 6.04 Å². The van der Waals surface area contributed by atoms with Crippen LogP contribution in [0.3, 0.4) is 0 Å². The van der Waals surface area contributed by atoms with Gasteiger partial charge in [-0.15, -0.1) is 0 Å². The number of amides is 2. The Morgan fingerprint density at radius 1 is 1.29 bits per heavy atom. The van der Waals surface area contributed by atoms with E-state index in [-0.39, 0.29) is 17.9 Å². The molecule has 2 heterocycles. The van der Waals surface area contributed by atoms with E-state index in [1.54, 1.807) is 18.0 Å². The van der Waals surface area contributed by atoms with E-state index in [9.17, 15) is 9.59 Å². The topological polar surface area (TPSA) is 65.2 Å². The molecule has 4 rings (SSSR count). The van der Waals surface area contributed by atoms with Crippen LogP contribution in [0.1, 0.15) is 54.2 Å². The first kappa shape index (κ1) is 15.5. The smallest absolute Gasteiger partial charge is 0.271 e. The van der Waals surface area contributed by atoms with E-state index in [0.29, 0.717) is 10.7 Å². The van der Waals surface area contributed by atoms with Crippen molar-refractivity contribution in [1.29, 1.82) is 0 Å². The monoisotopic (exact) mass is 345 g/mol. The summed E-state index contributed by atoms with van der Waals surface area (Å²) >= 11 is 6.15. The lowest BCUT2D eigenvalue weighted by atomic mass is 9.93. The Morgan fingerprint density at radius 3 is 2.75 bits per heavy atom. The number of halogens is 1. The molecule has 1 aliphatic heterocycles. The molecule has 5 nitrogen and oxygen atoms in total. The fourth-order valence-corrected chi connectivity index (χ4v) is 4.33. The van der Waals surface area contributed by atoms with Gasteiger partial charge in [-0.25, -0.2) is 0 Å². The summed E-state index contributed by atoms with van der Waals surface area (Å²) in [6.45, 7) is 0. The van der Waals surface area contributed by atoms with Crippen LogP contribution in [-0.4, -0.2) is 34.8 Å². The molecule has 0 bridgehead atoms. The normalized spacial score (nSPS) is 21.3. The predicted molar refractivity (Wildman–Crippen MR) is 93.2 cm³/mol. The summed E-state index contributed by atoms with van der Waals surface area (Å²) in [5.41, 5.74) is 2.14. The number of nitrogens with zero attached hydrogens (tertiary/aromatic N) is 1. The lowest BCUT2D eigenvalue weighted by Gasteiger charge is -2.35. The number of nitrogens with one attached hydrogen (secondary N) is 2. The van der Waals surface area contributed by atoms with Crippen molar-refractivity contribution in [2.45, 2.75) is 44.2 Å². The average molecular weight is 346 g/mol. The molecule has 1 aromatic carbocycles. The second-order valence-corrected chi connectivity index (χ2v) is 7.06. The second kappa shape index (κ2) is 5.81. The number of carbonyl (C=O) groups excluding carboxylic acids is 2. The number of rotatable bonds is 2. The lowest BCUT2D eigenvalue weighted by Crippen LogP contribution is -2.44. The summed E-state index contributed by atoms with van der Waals surface area (Å²) in [5.74, 6) is -0.216. The summed E-state index contributed by atoms with van der Waals surface area (Å²) in [7, 11) is 1.62. The van der Waals surface area contributed by atoms with Crippen molar-refractivity contribution in [3.8, 4) is 0 Å². The summed E-state index contributed by atoms with van der Waals surface area (Å²) < 4.78 is 0. The molecule has 2 aliphatic rings. The molecule has 1 saturated carbocycles. The fraction of sp³-hybridized carbons (Fsp3) is 0.444. The van der Waals surface area contributed by atoms with Crippen LogP contribution in [-0.2, 0) is 4.79 Å². The Bertz CT molecular complexity index is 823. The van der Waals surface area contributed by atoms with Crippen LogP contribution in [0.25, 0.3) is 10.9 Å². The van der Waals surface area contributed by atoms with E-state index in [0.717, 1.165) is 42.1 Å². The van der Waals surface area contributed by atoms with Crippen LogP contribution in [0.4, 0.5) is 0 Å². The molecule has 0 saturated heterocycles. The van der Waals surface area contributed by atoms with Gasteiger partial charge in [-0.2, -0.15) is 0 Å². The van der Waals surface area contributed by atoms with Gasteiger partial charge in [0, 0.05) is 34.6 Å². The Hall–Kier alpha value is -2.01. The van der Waals surface area contributed by atoms with Gasteiger partial charge in [-0.05, 0) is 31.0 Å². The zero-order chi connectivity index (χ0) is 16.8. The molecule has 1 unspecified atom stereocenters. The van der Waals surface area contributed by atoms with Gasteiger partial charge in [-0.1, -0.05) is 30.9 Å². The summed E-state index contributed by atoms with van der Waals surface area (Å²) in [6, 6.07) is 5.03. The standard InChI is InChI=1S/C18H20ClN3O2/c1-20-17(23)16-14-12-9-10(19)7-8-13(12)21-15(14)18(24)22(16)11-5-3-2-4-6-11/h7-9,11,16,21H,2-6H2,1H3,(H,20,23). The molecule has 0 spiro atoms. The third-order valence-corrected chi connectivity index (χ3v) is 5.50. The van der Waals surface area contributed by atoms with E-state index >= 15 is 0 Å². The van der Waals surface area contributed by atoms with Crippen molar-refractivity contribution < 1.29 is 9.59 Å². The summed E-state index contributed by atoms with van der Waals surface area (Å²) in [4.78, 5) is 30.7. The van der Waals surface area contributed by atoms with Gasteiger partial charge in [0.15, 0.2) is 0 Å². The Labute approximate surface area is 145 Å². The molecular weight excluding hydrogens is 326 g/mol. The third-order valence-electron chi connectivity index (χ3n) is 5.26. The minimum Gasteiger partial charge on any atom is -0.357 e. The van der Waals surface area contributed by atoms with Crippen LogP contribution >= 0.6 is 11.6 Å². The van der Waals surface area contributed by atoms with Crippen LogP contribution in [0.5, 0.6) is 0 Å². The van der Waals surface area contributed by atoms with Crippen molar-refractivity contribution in [3.63, 3.8) is 0 Å². The van der Waals surface area contributed by atoms with Crippen LogP contribution < -0.4 is 5.32 Å². The number of hydrogen-bond donors (Lipinski definition) is 2. The number of hydrogen-bond acceptors (Lipinski definition) is 2. The quantitative estimate of drug-likeness (QED) is 0.876. The maximum absolute atomic E-state index is 13.1. The van der Waals surface area contributed by atoms with E-state index in [1.165, 1.54) is 6.42 Å². The molecule has 1 aliphatic carbocycles. The minimum atomic E-state index is -0.576. The van der Waals surface area contributed by atoms with Gasteiger partial charge in [0.1, 0.15) is 11.7 Å². The average Bonchev–Trinajstić information content (AvgIpc) is 3.10. The molecule has 0 radical (unpaired) electrons. The zero-order valence-electron chi connectivity index (χ0n) is 13.6. The lowest BCUT2D eigenvalue weighted by molar-refractivity contribution is -0.125. The molecule has 126 valence electrons. The number of carbonyl (C=O) groups is 2. The number of likely N-dealkylation sites (N-methyl/N-ethyl adjacent to an activating group) is 1. The second-order valence-electron chi connectivity index (χ2n) is 6.62. The highest BCUT2D eigenvalue weighted by Gasteiger charge is 2.46. The van der Waals surface area contributed by atoms with Gasteiger partial charge in [0.2, 0.25) is 5.91 Å². The van der Waals surface area contributed by atoms with Crippen LogP contribution in [0.15, 0.2) is 18.2 Å². The van der Waals surface area contributed by atoms with Crippen molar-refractivity contribution >= 4 is 34.3 Å². The highest BCUT2D eigenvalue weighted by Crippen LogP contribution is 2.43. The molecule has 6 heteroatoms. The first-order valence-corrected chi connectivity index (χ1v) is 8.85. The van der Waals surface area contributed by atoms with Crippen molar-refractivity contribution in [2.24, 2.45) is 0 Å². The molecule has 2 N–H and O–H groups in total. The van der Waals surface area contributed by atoms with E-state index in [1.807, 2.05) is 12.1 Å². The van der Waals surface area contributed by atoms with Gasteiger partial charge < -0.3 is 15.2 Å². The van der Waals surface area contributed by atoms with Gasteiger partial charge in [0.25, 0.3) is 5.91 Å².